The van der Waals surface area contributed by atoms with Crippen molar-refractivity contribution in [2.75, 3.05) is 13.1 Å². The topological polar surface area (TPSA) is 95.2 Å². The molecule has 0 bridgehead atoms. The second kappa shape index (κ2) is 7.65. The Bertz CT molecular complexity index is 1030. The number of sulfonamides is 1. The fourth-order valence-corrected chi connectivity index (χ4v) is 6.09. The Morgan fingerprint density at radius 1 is 1.25 bits per heavy atom. The van der Waals surface area contributed by atoms with Gasteiger partial charge in [-0.1, -0.05) is 18.2 Å². The van der Waals surface area contributed by atoms with Crippen molar-refractivity contribution in [2.45, 2.75) is 30.0 Å². The SMILES string of the molecule is C[C@@H](NC(=O)C1CCN(S(=O)(=O)c2cccs2)CC1)c1nc2ccccc2[nH]1. The molecule has 0 unspecified atom stereocenters. The highest BCUT2D eigenvalue weighted by molar-refractivity contribution is 7.91. The van der Waals surface area contributed by atoms with Gasteiger partial charge >= 0.3 is 0 Å². The summed E-state index contributed by atoms with van der Waals surface area (Å²) in [5.41, 5.74) is 1.80. The molecule has 3 aromatic rings. The van der Waals surface area contributed by atoms with Crippen LogP contribution in [0, 0.1) is 5.92 Å². The van der Waals surface area contributed by atoms with Crippen LogP contribution in [-0.2, 0) is 14.8 Å². The number of thiophene rings is 1. The molecule has 0 saturated carbocycles. The van der Waals surface area contributed by atoms with Crippen LogP contribution in [0.5, 0.6) is 0 Å². The van der Waals surface area contributed by atoms with Gasteiger partial charge in [0, 0.05) is 19.0 Å². The number of H-pyrrole nitrogens is 1. The zero-order valence-electron chi connectivity index (χ0n) is 15.5. The lowest BCUT2D eigenvalue weighted by Gasteiger charge is -2.30. The van der Waals surface area contributed by atoms with Crippen molar-refractivity contribution in [2.24, 2.45) is 5.92 Å². The van der Waals surface area contributed by atoms with Crippen LogP contribution in [0.2, 0.25) is 0 Å². The van der Waals surface area contributed by atoms with E-state index in [2.05, 4.69) is 15.3 Å². The van der Waals surface area contributed by atoms with E-state index in [1.54, 1.807) is 17.5 Å². The molecule has 0 spiro atoms. The normalized spacial score (nSPS) is 17.6. The molecule has 0 radical (unpaired) electrons. The third-order valence-corrected chi connectivity index (χ3v) is 8.36. The van der Waals surface area contributed by atoms with Gasteiger partial charge < -0.3 is 10.3 Å². The molecule has 4 rings (SSSR count). The number of amides is 1. The van der Waals surface area contributed by atoms with Gasteiger partial charge in [0.05, 0.1) is 17.1 Å². The number of para-hydroxylation sites is 2. The number of carbonyl (C=O) groups excluding carboxylic acids is 1. The van der Waals surface area contributed by atoms with Crippen molar-refractivity contribution < 1.29 is 13.2 Å². The first-order valence-corrected chi connectivity index (χ1v) is 11.6. The second-order valence-electron chi connectivity index (χ2n) is 6.98. The quantitative estimate of drug-likeness (QED) is 0.666. The lowest BCUT2D eigenvalue weighted by atomic mass is 9.97. The van der Waals surface area contributed by atoms with E-state index in [1.807, 2.05) is 31.2 Å². The van der Waals surface area contributed by atoms with Crippen LogP contribution < -0.4 is 5.32 Å². The third kappa shape index (κ3) is 3.69. The zero-order valence-corrected chi connectivity index (χ0v) is 17.1. The van der Waals surface area contributed by atoms with Crippen LogP contribution >= 0.6 is 11.3 Å². The number of rotatable bonds is 5. The van der Waals surface area contributed by atoms with Crippen LogP contribution in [-0.4, -0.2) is 41.7 Å². The summed E-state index contributed by atoms with van der Waals surface area (Å²) in [6, 6.07) is 10.8. The average molecular weight is 419 g/mol. The number of imidazole rings is 1. The van der Waals surface area contributed by atoms with E-state index in [-0.39, 0.29) is 17.9 Å². The smallest absolute Gasteiger partial charge is 0.252 e. The summed E-state index contributed by atoms with van der Waals surface area (Å²) in [6.45, 7) is 2.61. The summed E-state index contributed by atoms with van der Waals surface area (Å²) >= 11 is 1.22. The van der Waals surface area contributed by atoms with Crippen LogP contribution in [0.4, 0.5) is 0 Å². The minimum absolute atomic E-state index is 0.0545. The highest BCUT2D eigenvalue weighted by Crippen LogP contribution is 2.27. The van der Waals surface area contributed by atoms with Gasteiger partial charge in [0.25, 0.3) is 10.0 Å². The summed E-state index contributed by atoms with van der Waals surface area (Å²) < 4.78 is 27.0. The standard InChI is InChI=1S/C19H22N4O3S2/c1-13(18-21-15-5-2-3-6-16(15)22-18)20-19(24)14-8-10-23(11-9-14)28(25,26)17-7-4-12-27-17/h2-7,12-14H,8-11H2,1H3,(H,20,24)(H,21,22)/t13-/m1/s1. The number of nitrogens with zero attached hydrogens (tertiary/aromatic N) is 2. The van der Waals surface area contributed by atoms with Crippen molar-refractivity contribution >= 4 is 38.3 Å². The number of carbonyl (C=O) groups is 1. The molecular weight excluding hydrogens is 396 g/mol. The summed E-state index contributed by atoms with van der Waals surface area (Å²) in [6.07, 6.45) is 1.03. The van der Waals surface area contributed by atoms with E-state index in [0.29, 0.717) is 36.0 Å². The Hall–Kier alpha value is -2.23. The largest absolute Gasteiger partial charge is 0.346 e. The second-order valence-corrected chi connectivity index (χ2v) is 10.1. The predicted molar refractivity (Wildman–Crippen MR) is 108 cm³/mol. The van der Waals surface area contributed by atoms with E-state index < -0.39 is 10.0 Å². The van der Waals surface area contributed by atoms with Crippen molar-refractivity contribution in [1.82, 2.24) is 19.6 Å². The van der Waals surface area contributed by atoms with Crippen LogP contribution in [0.25, 0.3) is 11.0 Å². The Labute approximate surface area is 167 Å². The first kappa shape index (κ1) is 19.1. The molecule has 28 heavy (non-hydrogen) atoms. The number of nitrogens with one attached hydrogen (secondary N) is 2. The number of benzene rings is 1. The number of fused-ring (bicyclic) bond motifs is 1. The molecule has 0 aliphatic carbocycles. The first-order valence-electron chi connectivity index (χ1n) is 9.24. The van der Waals surface area contributed by atoms with Gasteiger partial charge in [-0.05, 0) is 43.3 Å². The Kier molecular flexibility index (Phi) is 5.22. The van der Waals surface area contributed by atoms with Gasteiger partial charge in [0.2, 0.25) is 5.91 Å². The van der Waals surface area contributed by atoms with E-state index >= 15 is 0 Å². The van der Waals surface area contributed by atoms with Gasteiger partial charge in [-0.3, -0.25) is 4.79 Å². The van der Waals surface area contributed by atoms with Crippen molar-refractivity contribution in [3.8, 4) is 0 Å². The lowest BCUT2D eigenvalue weighted by molar-refractivity contribution is -0.126. The monoisotopic (exact) mass is 418 g/mol. The van der Waals surface area contributed by atoms with Crippen LogP contribution in [0.3, 0.4) is 0 Å². The van der Waals surface area contributed by atoms with E-state index in [9.17, 15) is 13.2 Å². The molecule has 1 saturated heterocycles. The van der Waals surface area contributed by atoms with Crippen molar-refractivity contribution in [1.29, 1.82) is 0 Å². The molecule has 2 N–H and O–H groups in total. The van der Waals surface area contributed by atoms with Gasteiger partial charge in [-0.2, -0.15) is 4.31 Å². The Morgan fingerprint density at radius 2 is 2.00 bits per heavy atom. The molecule has 3 heterocycles. The molecule has 1 atom stereocenters. The number of hydrogen-bond donors (Lipinski definition) is 2. The van der Waals surface area contributed by atoms with E-state index in [1.165, 1.54) is 15.6 Å². The van der Waals surface area contributed by atoms with E-state index in [4.69, 9.17) is 0 Å². The fraction of sp³-hybridized carbons (Fsp3) is 0.368. The number of piperidine rings is 1. The minimum Gasteiger partial charge on any atom is -0.346 e. The first-order chi connectivity index (χ1) is 13.4. The minimum atomic E-state index is -3.44. The number of aromatic nitrogens is 2. The third-order valence-electron chi connectivity index (χ3n) is 5.09. The molecular formula is C19H22N4O3S2. The van der Waals surface area contributed by atoms with Gasteiger partial charge in [0.1, 0.15) is 10.0 Å². The summed E-state index contributed by atoms with van der Waals surface area (Å²) in [5, 5.41) is 4.77. The molecule has 148 valence electrons. The maximum absolute atomic E-state index is 12.7. The number of aromatic amines is 1. The summed E-state index contributed by atoms with van der Waals surface area (Å²) in [5.74, 6) is 0.468. The molecule has 1 fully saturated rings. The van der Waals surface area contributed by atoms with Crippen LogP contribution in [0.1, 0.15) is 31.6 Å². The van der Waals surface area contributed by atoms with E-state index in [0.717, 1.165) is 11.0 Å². The Morgan fingerprint density at radius 3 is 2.68 bits per heavy atom. The zero-order chi connectivity index (χ0) is 19.7. The number of hydrogen-bond acceptors (Lipinski definition) is 5. The van der Waals surface area contributed by atoms with Gasteiger partial charge in [-0.25, -0.2) is 13.4 Å². The lowest BCUT2D eigenvalue weighted by Crippen LogP contribution is -2.43. The highest BCUT2D eigenvalue weighted by Gasteiger charge is 2.33. The van der Waals surface area contributed by atoms with Crippen molar-refractivity contribution in [3.05, 3.63) is 47.6 Å². The maximum atomic E-state index is 12.7. The summed E-state index contributed by atoms with van der Waals surface area (Å²) in [4.78, 5) is 20.4. The molecule has 2 aromatic heterocycles. The molecule has 7 nitrogen and oxygen atoms in total. The fourth-order valence-electron chi connectivity index (χ4n) is 3.47. The Balaban J connectivity index is 1.36. The maximum Gasteiger partial charge on any atom is 0.252 e. The summed E-state index contributed by atoms with van der Waals surface area (Å²) in [7, 11) is -3.44. The average Bonchev–Trinajstić information content (AvgIpc) is 3.38. The van der Waals surface area contributed by atoms with Crippen LogP contribution in [0.15, 0.2) is 46.0 Å². The molecule has 1 aliphatic rings. The van der Waals surface area contributed by atoms with Gasteiger partial charge in [-0.15, -0.1) is 11.3 Å². The van der Waals surface area contributed by atoms with Gasteiger partial charge in [0.15, 0.2) is 0 Å². The molecule has 1 aliphatic heterocycles. The molecule has 9 heteroatoms. The highest BCUT2D eigenvalue weighted by atomic mass is 32.2. The van der Waals surface area contributed by atoms with Crippen molar-refractivity contribution in [3.63, 3.8) is 0 Å². The predicted octanol–water partition coefficient (Wildman–Crippen LogP) is 2.90. The molecule has 1 amide bonds. The molecule has 1 aromatic carbocycles.